The standard InChI is InChI=1S/C21H26ClN3O2/c1-16-7-8-17(22)15-18(16)23-21(26)9-10-24-11-13-25(14-12-24)19-5-3-4-6-20(19)27-2/h3-8,15H,9-14H2,1-2H3,(H,23,26). The zero-order valence-corrected chi connectivity index (χ0v) is 16.6. The summed E-state index contributed by atoms with van der Waals surface area (Å²) in [5.41, 5.74) is 2.93. The molecule has 3 rings (SSSR count). The molecule has 2 aromatic rings. The molecular formula is C21H26ClN3O2. The molecule has 1 amide bonds. The first-order chi connectivity index (χ1) is 13.1. The van der Waals surface area contributed by atoms with Crippen LogP contribution in [-0.4, -0.2) is 50.6 Å². The van der Waals surface area contributed by atoms with E-state index in [-0.39, 0.29) is 5.91 Å². The zero-order valence-electron chi connectivity index (χ0n) is 15.9. The Morgan fingerprint density at radius 2 is 1.89 bits per heavy atom. The number of anilines is 2. The zero-order chi connectivity index (χ0) is 19.2. The highest BCUT2D eigenvalue weighted by molar-refractivity contribution is 6.31. The Morgan fingerprint density at radius 3 is 2.63 bits per heavy atom. The van der Waals surface area contributed by atoms with Crippen LogP contribution in [0.4, 0.5) is 11.4 Å². The van der Waals surface area contributed by atoms with E-state index in [4.69, 9.17) is 16.3 Å². The van der Waals surface area contributed by atoms with Crippen LogP contribution in [-0.2, 0) is 4.79 Å². The van der Waals surface area contributed by atoms with Gasteiger partial charge >= 0.3 is 0 Å². The lowest BCUT2D eigenvalue weighted by Gasteiger charge is -2.36. The second kappa shape index (κ2) is 9.11. The predicted octanol–water partition coefficient (Wildman–Crippen LogP) is 3.81. The lowest BCUT2D eigenvalue weighted by molar-refractivity contribution is -0.116. The highest BCUT2D eigenvalue weighted by atomic mass is 35.5. The van der Waals surface area contributed by atoms with Crippen LogP contribution >= 0.6 is 11.6 Å². The van der Waals surface area contributed by atoms with Gasteiger partial charge in [0.15, 0.2) is 0 Å². The molecule has 1 aliphatic rings. The van der Waals surface area contributed by atoms with E-state index in [1.165, 1.54) is 0 Å². The highest BCUT2D eigenvalue weighted by Gasteiger charge is 2.20. The predicted molar refractivity (Wildman–Crippen MR) is 111 cm³/mol. The summed E-state index contributed by atoms with van der Waals surface area (Å²) >= 11 is 6.01. The van der Waals surface area contributed by atoms with Crippen molar-refractivity contribution in [1.29, 1.82) is 0 Å². The van der Waals surface area contributed by atoms with Gasteiger partial charge in [0.2, 0.25) is 5.91 Å². The lowest BCUT2D eigenvalue weighted by Crippen LogP contribution is -2.47. The van der Waals surface area contributed by atoms with E-state index in [0.29, 0.717) is 11.4 Å². The van der Waals surface area contributed by atoms with E-state index >= 15 is 0 Å². The number of para-hydroxylation sites is 2. The molecule has 1 saturated heterocycles. The minimum Gasteiger partial charge on any atom is -0.495 e. The van der Waals surface area contributed by atoms with Crippen molar-refractivity contribution in [1.82, 2.24) is 4.90 Å². The SMILES string of the molecule is COc1ccccc1N1CCN(CCC(=O)Nc2cc(Cl)ccc2C)CC1. The molecule has 0 aliphatic carbocycles. The molecule has 5 nitrogen and oxygen atoms in total. The van der Waals surface area contributed by atoms with Gasteiger partial charge in [0.25, 0.3) is 0 Å². The molecule has 1 N–H and O–H groups in total. The Labute approximate surface area is 165 Å². The Balaban J connectivity index is 1.47. The summed E-state index contributed by atoms with van der Waals surface area (Å²) < 4.78 is 5.46. The third-order valence-electron chi connectivity index (χ3n) is 4.93. The third-order valence-corrected chi connectivity index (χ3v) is 5.16. The maximum absolute atomic E-state index is 12.3. The van der Waals surface area contributed by atoms with E-state index in [9.17, 15) is 4.79 Å². The molecule has 1 fully saturated rings. The molecule has 144 valence electrons. The fourth-order valence-corrected chi connectivity index (χ4v) is 3.48. The van der Waals surface area contributed by atoms with Crippen LogP contribution in [0.5, 0.6) is 5.75 Å². The van der Waals surface area contributed by atoms with Crippen LogP contribution in [0.3, 0.4) is 0 Å². The van der Waals surface area contributed by atoms with E-state index < -0.39 is 0 Å². The molecule has 0 bridgehead atoms. The average molecular weight is 388 g/mol. The molecule has 1 heterocycles. The monoisotopic (exact) mass is 387 g/mol. The summed E-state index contributed by atoms with van der Waals surface area (Å²) in [6.07, 6.45) is 0.473. The van der Waals surface area contributed by atoms with Gasteiger partial charge in [-0.15, -0.1) is 0 Å². The average Bonchev–Trinajstić information content (AvgIpc) is 2.69. The molecule has 27 heavy (non-hydrogen) atoms. The molecule has 0 aromatic heterocycles. The van der Waals surface area contributed by atoms with Gasteiger partial charge in [0.1, 0.15) is 5.75 Å². The molecule has 0 saturated carbocycles. The van der Waals surface area contributed by atoms with Crippen LogP contribution in [0, 0.1) is 6.92 Å². The van der Waals surface area contributed by atoms with Crippen molar-refractivity contribution >= 4 is 28.9 Å². The number of hydrogen-bond donors (Lipinski definition) is 1. The summed E-state index contributed by atoms with van der Waals surface area (Å²) in [6, 6.07) is 13.6. The Kier molecular flexibility index (Phi) is 6.58. The van der Waals surface area contributed by atoms with Crippen LogP contribution in [0.1, 0.15) is 12.0 Å². The first-order valence-corrected chi connectivity index (χ1v) is 9.61. The van der Waals surface area contributed by atoms with E-state index in [1.807, 2.05) is 37.3 Å². The number of amides is 1. The lowest BCUT2D eigenvalue weighted by atomic mass is 10.2. The van der Waals surface area contributed by atoms with E-state index in [0.717, 1.165) is 55.4 Å². The molecule has 1 aliphatic heterocycles. The summed E-state index contributed by atoms with van der Waals surface area (Å²) in [7, 11) is 1.70. The van der Waals surface area contributed by atoms with Crippen molar-refractivity contribution in [2.24, 2.45) is 0 Å². The number of rotatable bonds is 6. The Hall–Kier alpha value is -2.24. The Morgan fingerprint density at radius 1 is 1.15 bits per heavy atom. The molecule has 0 spiro atoms. The van der Waals surface area contributed by atoms with Gasteiger partial charge in [-0.3, -0.25) is 9.69 Å². The van der Waals surface area contributed by atoms with Gasteiger partial charge in [0.05, 0.1) is 12.8 Å². The first kappa shape index (κ1) is 19.5. The largest absolute Gasteiger partial charge is 0.495 e. The fraction of sp³-hybridized carbons (Fsp3) is 0.381. The molecule has 0 radical (unpaired) electrons. The minimum atomic E-state index is 0.0209. The minimum absolute atomic E-state index is 0.0209. The number of halogens is 1. The normalized spacial score (nSPS) is 14.9. The van der Waals surface area contributed by atoms with Crippen LogP contribution in [0.2, 0.25) is 5.02 Å². The number of methoxy groups -OCH3 is 1. The number of piperazine rings is 1. The number of nitrogens with zero attached hydrogens (tertiary/aromatic N) is 2. The molecule has 2 aromatic carbocycles. The van der Waals surface area contributed by atoms with Gasteiger partial charge in [-0.1, -0.05) is 29.8 Å². The maximum Gasteiger partial charge on any atom is 0.225 e. The van der Waals surface area contributed by atoms with Crippen LogP contribution in [0.15, 0.2) is 42.5 Å². The second-order valence-corrected chi connectivity index (χ2v) is 7.19. The number of ether oxygens (including phenoxy) is 1. The van der Waals surface area contributed by atoms with Crippen molar-refractivity contribution in [2.75, 3.05) is 50.1 Å². The summed E-state index contributed by atoms with van der Waals surface area (Å²) in [5, 5.41) is 3.59. The van der Waals surface area contributed by atoms with Crippen molar-refractivity contribution in [3.8, 4) is 5.75 Å². The number of benzene rings is 2. The second-order valence-electron chi connectivity index (χ2n) is 6.76. The topological polar surface area (TPSA) is 44.8 Å². The smallest absolute Gasteiger partial charge is 0.225 e. The highest BCUT2D eigenvalue weighted by Crippen LogP contribution is 2.28. The van der Waals surface area contributed by atoms with E-state index in [2.05, 4.69) is 21.2 Å². The summed E-state index contributed by atoms with van der Waals surface area (Å²) in [6.45, 7) is 6.43. The fourth-order valence-electron chi connectivity index (χ4n) is 3.30. The molecule has 0 atom stereocenters. The van der Waals surface area contributed by atoms with Crippen molar-refractivity contribution < 1.29 is 9.53 Å². The van der Waals surface area contributed by atoms with Gasteiger partial charge in [-0.2, -0.15) is 0 Å². The number of hydrogen-bond acceptors (Lipinski definition) is 4. The number of carbonyl (C=O) groups excluding carboxylic acids is 1. The molecule has 0 unspecified atom stereocenters. The van der Waals surface area contributed by atoms with Crippen molar-refractivity contribution in [3.63, 3.8) is 0 Å². The van der Waals surface area contributed by atoms with Gasteiger partial charge in [-0.05, 0) is 36.8 Å². The molecule has 6 heteroatoms. The van der Waals surface area contributed by atoms with Gasteiger partial charge in [0, 0.05) is 49.9 Å². The number of carbonyl (C=O) groups is 1. The number of nitrogens with one attached hydrogen (secondary N) is 1. The van der Waals surface area contributed by atoms with Crippen molar-refractivity contribution in [3.05, 3.63) is 53.1 Å². The van der Waals surface area contributed by atoms with Crippen molar-refractivity contribution in [2.45, 2.75) is 13.3 Å². The van der Waals surface area contributed by atoms with Gasteiger partial charge in [-0.25, -0.2) is 0 Å². The Bertz CT molecular complexity index is 789. The van der Waals surface area contributed by atoms with Crippen LogP contribution in [0.25, 0.3) is 0 Å². The van der Waals surface area contributed by atoms with Crippen LogP contribution < -0.4 is 15.0 Å². The molecular weight excluding hydrogens is 362 g/mol. The quantitative estimate of drug-likeness (QED) is 0.818. The third kappa shape index (κ3) is 5.15. The maximum atomic E-state index is 12.3. The number of aryl methyl sites for hydroxylation is 1. The summed E-state index contributed by atoms with van der Waals surface area (Å²) in [4.78, 5) is 16.9. The summed E-state index contributed by atoms with van der Waals surface area (Å²) in [5.74, 6) is 0.926. The van der Waals surface area contributed by atoms with E-state index in [1.54, 1.807) is 13.2 Å². The first-order valence-electron chi connectivity index (χ1n) is 9.23. The van der Waals surface area contributed by atoms with Gasteiger partial charge < -0.3 is 15.0 Å².